The third-order valence-corrected chi connectivity index (χ3v) is 4.68. The molecule has 0 spiro atoms. The first kappa shape index (κ1) is 18.1. The minimum Gasteiger partial charge on any atom is -0.466 e. The molecule has 2 rings (SSSR count). The molecule has 1 aromatic carbocycles. The van der Waals surface area contributed by atoms with Crippen molar-refractivity contribution in [3.8, 4) is 0 Å². The molecule has 0 radical (unpaired) electrons. The van der Waals surface area contributed by atoms with E-state index in [0.29, 0.717) is 11.3 Å². The van der Waals surface area contributed by atoms with Gasteiger partial charge in [0.2, 0.25) is 5.91 Å². The standard InChI is InChI=1S/C18H22N2O3S/c1-11-12(2)23-13(3)17(11)18(22)20(4)10-16(21)19-14-8-6-7-9-15(14)24-5/h6-9H,10H2,1-5H3,(H,19,21). The number of carbonyl (C=O) groups is 2. The number of para-hydroxylation sites is 1. The van der Waals surface area contributed by atoms with E-state index in [2.05, 4.69) is 5.32 Å². The molecule has 0 aliphatic rings. The lowest BCUT2D eigenvalue weighted by Gasteiger charge is -2.17. The Labute approximate surface area is 146 Å². The summed E-state index contributed by atoms with van der Waals surface area (Å²) in [6.45, 7) is 5.41. The Balaban J connectivity index is 2.07. The number of benzene rings is 1. The first-order valence-corrected chi connectivity index (χ1v) is 8.82. The van der Waals surface area contributed by atoms with Gasteiger partial charge in [0.15, 0.2) is 0 Å². The van der Waals surface area contributed by atoms with E-state index < -0.39 is 0 Å². The molecule has 128 valence electrons. The Morgan fingerprint density at radius 3 is 2.42 bits per heavy atom. The Kier molecular flexibility index (Phi) is 5.72. The lowest BCUT2D eigenvalue weighted by molar-refractivity contribution is -0.116. The zero-order chi connectivity index (χ0) is 17.9. The molecule has 0 unspecified atom stereocenters. The van der Waals surface area contributed by atoms with Gasteiger partial charge in [-0.15, -0.1) is 11.8 Å². The van der Waals surface area contributed by atoms with Gasteiger partial charge in [-0.3, -0.25) is 9.59 Å². The normalized spacial score (nSPS) is 10.5. The van der Waals surface area contributed by atoms with Crippen LogP contribution in [0.15, 0.2) is 33.6 Å². The van der Waals surface area contributed by atoms with Gasteiger partial charge in [0.25, 0.3) is 5.91 Å². The second-order valence-corrected chi connectivity index (χ2v) is 6.47. The summed E-state index contributed by atoms with van der Waals surface area (Å²) in [5.41, 5.74) is 2.10. The van der Waals surface area contributed by atoms with Gasteiger partial charge in [-0.1, -0.05) is 12.1 Å². The van der Waals surface area contributed by atoms with Crippen LogP contribution < -0.4 is 5.32 Å². The Morgan fingerprint density at radius 1 is 1.17 bits per heavy atom. The predicted molar refractivity (Wildman–Crippen MR) is 96.7 cm³/mol. The molecule has 2 amide bonds. The average Bonchev–Trinajstić information content (AvgIpc) is 2.79. The highest BCUT2D eigenvalue weighted by Crippen LogP contribution is 2.25. The van der Waals surface area contributed by atoms with Gasteiger partial charge >= 0.3 is 0 Å². The van der Waals surface area contributed by atoms with Crippen molar-refractivity contribution in [2.24, 2.45) is 0 Å². The molecule has 1 heterocycles. The van der Waals surface area contributed by atoms with Gasteiger partial charge in [0, 0.05) is 17.5 Å². The number of thioether (sulfide) groups is 1. The summed E-state index contributed by atoms with van der Waals surface area (Å²) in [6, 6.07) is 7.57. The molecule has 0 bridgehead atoms. The van der Waals surface area contributed by atoms with Crippen molar-refractivity contribution in [3.05, 3.63) is 46.9 Å². The van der Waals surface area contributed by atoms with E-state index in [9.17, 15) is 9.59 Å². The fraction of sp³-hybridized carbons (Fsp3) is 0.333. The van der Waals surface area contributed by atoms with Crippen LogP contribution in [0.4, 0.5) is 5.69 Å². The first-order valence-electron chi connectivity index (χ1n) is 7.60. The van der Waals surface area contributed by atoms with Crippen molar-refractivity contribution in [3.63, 3.8) is 0 Å². The van der Waals surface area contributed by atoms with E-state index >= 15 is 0 Å². The van der Waals surface area contributed by atoms with Crippen LogP contribution in [0.25, 0.3) is 0 Å². The van der Waals surface area contributed by atoms with Gasteiger partial charge in [-0.25, -0.2) is 0 Å². The maximum absolute atomic E-state index is 12.6. The van der Waals surface area contributed by atoms with Gasteiger partial charge in [0.1, 0.15) is 11.5 Å². The lowest BCUT2D eigenvalue weighted by atomic mass is 10.1. The van der Waals surface area contributed by atoms with Gasteiger partial charge < -0.3 is 14.6 Å². The second-order valence-electron chi connectivity index (χ2n) is 5.62. The molecule has 0 fully saturated rings. The number of hydrogen-bond acceptors (Lipinski definition) is 4. The number of anilines is 1. The molecule has 0 saturated carbocycles. The number of hydrogen-bond donors (Lipinski definition) is 1. The lowest BCUT2D eigenvalue weighted by Crippen LogP contribution is -2.35. The second kappa shape index (κ2) is 7.57. The van der Waals surface area contributed by atoms with Crippen LogP contribution in [-0.4, -0.2) is 36.6 Å². The van der Waals surface area contributed by atoms with Crippen LogP contribution in [-0.2, 0) is 4.79 Å². The zero-order valence-electron chi connectivity index (χ0n) is 14.6. The Morgan fingerprint density at radius 2 is 1.83 bits per heavy atom. The highest BCUT2D eigenvalue weighted by atomic mass is 32.2. The van der Waals surface area contributed by atoms with Crippen LogP contribution >= 0.6 is 11.8 Å². The molecule has 0 aliphatic heterocycles. The van der Waals surface area contributed by atoms with Gasteiger partial charge in [-0.05, 0) is 39.2 Å². The van der Waals surface area contributed by atoms with Crippen LogP contribution in [0, 0.1) is 20.8 Å². The third kappa shape index (κ3) is 3.82. The summed E-state index contributed by atoms with van der Waals surface area (Å²) in [4.78, 5) is 27.2. The van der Waals surface area contributed by atoms with Crippen molar-refractivity contribution in [2.45, 2.75) is 25.7 Å². The van der Waals surface area contributed by atoms with Crippen molar-refractivity contribution in [2.75, 3.05) is 25.2 Å². The molecule has 0 saturated heterocycles. The topological polar surface area (TPSA) is 62.6 Å². The summed E-state index contributed by atoms with van der Waals surface area (Å²) in [5, 5.41) is 2.86. The summed E-state index contributed by atoms with van der Waals surface area (Å²) in [7, 11) is 1.61. The van der Waals surface area contributed by atoms with Crippen LogP contribution in [0.3, 0.4) is 0 Å². The van der Waals surface area contributed by atoms with Crippen LogP contribution in [0.5, 0.6) is 0 Å². The molecule has 1 N–H and O–H groups in total. The molecule has 6 heteroatoms. The third-order valence-electron chi connectivity index (χ3n) is 3.88. The number of amides is 2. The molecule has 0 atom stereocenters. The molecular formula is C18H22N2O3S. The van der Waals surface area contributed by atoms with Gasteiger partial charge in [-0.2, -0.15) is 0 Å². The van der Waals surface area contributed by atoms with Crippen molar-refractivity contribution >= 4 is 29.3 Å². The summed E-state index contributed by atoms with van der Waals surface area (Å²) >= 11 is 1.56. The molecule has 2 aromatic rings. The quantitative estimate of drug-likeness (QED) is 0.840. The number of nitrogens with zero attached hydrogens (tertiary/aromatic N) is 1. The molecular weight excluding hydrogens is 324 g/mol. The Bertz CT molecular complexity index is 768. The maximum atomic E-state index is 12.6. The van der Waals surface area contributed by atoms with Crippen molar-refractivity contribution < 1.29 is 14.0 Å². The van der Waals surface area contributed by atoms with E-state index in [1.165, 1.54) is 4.90 Å². The fourth-order valence-electron chi connectivity index (χ4n) is 2.52. The van der Waals surface area contributed by atoms with E-state index in [1.54, 1.807) is 25.7 Å². The zero-order valence-corrected chi connectivity index (χ0v) is 15.4. The number of furan rings is 1. The first-order chi connectivity index (χ1) is 11.3. The van der Waals surface area contributed by atoms with Crippen molar-refractivity contribution in [1.29, 1.82) is 0 Å². The van der Waals surface area contributed by atoms with E-state index in [1.807, 2.05) is 44.4 Å². The molecule has 1 aromatic heterocycles. The highest BCUT2D eigenvalue weighted by Gasteiger charge is 2.23. The van der Waals surface area contributed by atoms with Gasteiger partial charge in [0.05, 0.1) is 17.8 Å². The van der Waals surface area contributed by atoms with E-state index in [4.69, 9.17) is 4.42 Å². The number of likely N-dealkylation sites (N-methyl/N-ethyl adjacent to an activating group) is 1. The molecule has 24 heavy (non-hydrogen) atoms. The minimum atomic E-state index is -0.233. The van der Waals surface area contributed by atoms with E-state index in [-0.39, 0.29) is 18.4 Å². The number of aryl methyl sites for hydroxylation is 2. The predicted octanol–water partition coefficient (Wildman–Crippen LogP) is 3.64. The SMILES string of the molecule is CSc1ccccc1NC(=O)CN(C)C(=O)c1c(C)oc(C)c1C. The van der Waals surface area contributed by atoms with Crippen molar-refractivity contribution in [1.82, 2.24) is 4.90 Å². The number of nitrogens with one attached hydrogen (secondary N) is 1. The fourth-order valence-corrected chi connectivity index (χ4v) is 3.08. The monoisotopic (exact) mass is 346 g/mol. The Hall–Kier alpha value is -2.21. The maximum Gasteiger partial charge on any atom is 0.257 e. The number of carbonyl (C=O) groups excluding carboxylic acids is 2. The molecule has 5 nitrogen and oxygen atoms in total. The van der Waals surface area contributed by atoms with Crippen LogP contribution in [0.2, 0.25) is 0 Å². The summed E-state index contributed by atoms with van der Waals surface area (Å²) < 4.78 is 5.50. The molecule has 0 aliphatic carbocycles. The highest BCUT2D eigenvalue weighted by molar-refractivity contribution is 7.98. The summed E-state index contributed by atoms with van der Waals surface area (Å²) in [5.74, 6) is 0.857. The summed E-state index contributed by atoms with van der Waals surface area (Å²) in [6.07, 6.45) is 1.95. The largest absolute Gasteiger partial charge is 0.466 e. The van der Waals surface area contributed by atoms with E-state index in [0.717, 1.165) is 21.9 Å². The number of rotatable bonds is 5. The average molecular weight is 346 g/mol. The minimum absolute atomic E-state index is 0.0232. The smallest absolute Gasteiger partial charge is 0.257 e. The van der Waals surface area contributed by atoms with Crippen LogP contribution in [0.1, 0.15) is 27.4 Å².